The average Bonchev–Trinajstić information content (AvgIpc) is 2.92. The van der Waals surface area contributed by atoms with Gasteiger partial charge in [0.15, 0.2) is 0 Å². The number of aromatic nitrogens is 2. The molecule has 2 heterocycles. The van der Waals surface area contributed by atoms with Crippen LogP contribution in [-0.4, -0.2) is 71.4 Å². The fraction of sp³-hybridized carbons (Fsp3) is 0.421. The third kappa shape index (κ3) is 4.30. The number of benzene rings is 1. The number of halogens is 1. The molecule has 1 aromatic carbocycles. The molecule has 8 nitrogen and oxygen atoms in total. The highest BCUT2D eigenvalue weighted by molar-refractivity contribution is 5.93. The number of carbonyl (C=O) groups is 2. The van der Waals surface area contributed by atoms with Crippen molar-refractivity contribution >= 4 is 17.6 Å². The lowest BCUT2D eigenvalue weighted by Crippen LogP contribution is -2.42. The Morgan fingerprint density at radius 2 is 2.11 bits per heavy atom. The fourth-order valence-electron chi connectivity index (χ4n) is 3.12. The predicted octanol–water partition coefficient (Wildman–Crippen LogP) is 2.03. The summed E-state index contributed by atoms with van der Waals surface area (Å²) in [4.78, 5) is 28.2. The van der Waals surface area contributed by atoms with Crippen LogP contribution in [0.2, 0.25) is 0 Å². The first-order valence-corrected chi connectivity index (χ1v) is 9.13. The van der Waals surface area contributed by atoms with E-state index in [1.165, 1.54) is 21.8 Å². The van der Waals surface area contributed by atoms with E-state index in [9.17, 15) is 14.0 Å². The quantitative estimate of drug-likeness (QED) is 0.849. The lowest BCUT2D eigenvalue weighted by atomic mass is 10.3. The van der Waals surface area contributed by atoms with Crippen LogP contribution in [0.5, 0.6) is 0 Å². The molecule has 0 radical (unpaired) electrons. The Morgan fingerprint density at radius 1 is 1.32 bits per heavy atom. The summed E-state index contributed by atoms with van der Waals surface area (Å²) in [5, 5.41) is 6.96. The van der Waals surface area contributed by atoms with Gasteiger partial charge >= 0.3 is 6.03 Å². The van der Waals surface area contributed by atoms with E-state index in [4.69, 9.17) is 4.74 Å². The van der Waals surface area contributed by atoms with Crippen LogP contribution in [0.4, 0.5) is 14.9 Å². The van der Waals surface area contributed by atoms with Gasteiger partial charge in [0.25, 0.3) is 0 Å². The van der Waals surface area contributed by atoms with Crippen molar-refractivity contribution in [3.63, 3.8) is 0 Å². The Labute approximate surface area is 162 Å². The highest BCUT2D eigenvalue weighted by Gasteiger charge is 2.25. The van der Waals surface area contributed by atoms with Gasteiger partial charge in [0, 0.05) is 26.7 Å². The molecule has 0 spiro atoms. The molecule has 1 aliphatic heterocycles. The predicted molar refractivity (Wildman–Crippen MR) is 102 cm³/mol. The molecule has 1 saturated heterocycles. The second-order valence-electron chi connectivity index (χ2n) is 6.59. The summed E-state index contributed by atoms with van der Waals surface area (Å²) in [6, 6.07) is 5.91. The summed E-state index contributed by atoms with van der Waals surface area (Å²) in [5.41, 5.74) is 1.38. The van der Waals surface area contributed by atoms with Crippen molar-refractivity contribution in [2.75, 3.05) is 45.2 Å². The topological polar surface area (TPSA) is 79.7 Å². The first-order valence-electron chi connectivity index (χ1n) is 9.13. The fourth-order valence-corrected chi connectivity index (χ4v) is 3.12. The number of anilines is 1. The lowest BCUT2D eigenvalue weighted by molar-refractivity contribution is -0.131. The largest absolute Gasteiger partial charge is 0.383 e. The third-order valence-corrected chi connectivity index (χ3v) is 4.72. The molecule has 1 aromatic heterocycles. The van der Waals surface area contributed by atoms with Gasteiger partial charge in [0.1, 0.15) is 18.0 Å². The smallest absolute Gasteiger partial charge is 0.322 e. The zero-order valence-corrected chi connectivity index (χ0v) is 16.0. The number of methoxy groups -OCH3 is 1. The van der Waals surface area contributed by atoms with Crippen molar-refractivity contribution in [2.24, 2.45) is 0 Å². The van der Waals surface area contributed by atoms with Crippen molar-refractivity contribution < 1.29 is 18.7 Å². The minimum absolute atomic E-state index is 0.00997. The highest BCUT2D eigenvalue weighted by Crippen LogP contribution is 2.21. The molecule has 3 amide bonds. The van der Waals surface area contributed by atoms with E-state index >= 15 is 0 Å². The number of ether oxygens (including phenoxy) is 1. The minimum Gasteiger partial charge on any atom is -0.383 e. The van der Waals surface area contributed by atoms with Crippen LogP contribution < -0.4 is 5.32 Å². The van der Waals surface area contributed by atoms with E-state index in [1.807, 2.05) is 0 Å². The maximum absolute atomic E-state index is 14.0. The van der Waals surface area contributed by atoms with Crippen molar-refractivity contribution in [2.45, 2.75) is 13.3 Å². The normalized spacial score (nSPS) is 14.9. The number of amides is 3. The number of rotatable bonds is 5. The van der Waals surface area contributed by atoms with Crippen LogP contribution in [0.15, 0.2) is 30.5 Å². The van der Waals surface area contributed by atoms with Gasteiger partial charge in [0.05, 0.1) is 24.2 Å². The van der Waals surface area contributed by atoms with E-state index in [0.717, 1.165) is 0 Å². The Bertz CT molecular complexity index is 854. The molecule has 1 N–H and O–H groups in total. The molecule has 150 valence electrons. The molecule has 28 heavy (non-hydrogen) atoms. The van der Waals surface area contributed by atoms with Gasteiger partial charge in [-0.1, -0.05) is 12.1 Å². The van der Waals surface area contributed by atoms with Crippen LogP contribution >= 0.6 is 0 Å². The zero-order valence-electron chi connectivity index (χ0n) is 16.0. The number of hydrogen-bond acceptors (Lipinski definition) is 4. The molecule has 0 aliphatic carbocycles. The number of nitrogens with zero attached hydrogens (tertiary/aromatic N) is 4. The summed E-state index contributed by atoms with van der Waals surface area (Å²) < 4.78 is 20.5. The third-order valence-electron chi connectivity index (χ3n) is 4.72. The maximum atomic E-state index is 14.0. The van der Waals surface area contributed by atoms with Crippen LogP contribution in [0.25, 0.3) is 5.69 Å². The highest BCUT2D eigenvalue weighted by atomic mass is 19.1. The maximum Gasteiger partial charge on any atom is 0.322 e. The van der Waals surface area contributed by atoms with Crippen LogP contribution in [0.3, 0.4) is 0 Å². The Balaban J connectivity index is 1.68. The molecule has 0 saturated carbocycles. The van der Waals surface area contributed by atoms with Gasteiger partial charge < -0.3 is 19.9 Å². The van der Waals surface area contributed by atoms with E-state index in [0.29, 0.717) is 49.7 Å². The number of carbonyl (C=O) groups excluding carboxylic acids is 2. The van der Waals surface area contributed by atoms with Gasteiger partial charge in [-0.3, -0.25) is 4.79 Å². The molecule has 1 fully saturated rings. The van der Waals surface area contributed by atoms with Crippen molar-refractivity contribution in [3.8, 4) is 5.69 Å². The van der Waals surface area contributed by atoms with Crippen LogP contribution in [0, 0.1) is 12.7 Å². The van der Waals surface area contributed by atoms with Crippen LogP contribution in [0.1, 0.15) is 12.1 Å². The molecule has 0 bridgehead atoms. The Kier molecular flexibility index (Phi) is 6.25. The first kappa shape index (κ1) is 19.8. The van der Waals surface area contributed by atoms with Gasteiger partial charge in [0.2, 0.25) is 5.91 Å². The van der Waals surface area contributed by atoms with Gasteiger partial charge in [-0.15, -0.1) is 0 Å². The monoisotopic (exact) mass is 389 g/mol. The van der Waals surface area contributed by atoms with E-state index in [1.54, 1.807) is 37.1 Å². The summed E-state index contributed by atoms with van der Waals surface area (Å²) in [7, 11) is 1.59. The average molecular weight is 389 g/mol. The van der Waals surface area contributed by atoms with Crippen LogP contribution in [-0.2, 0) is 9.53 Å². The lowest BCUT2D eigenvalue weighted by Gasteiger charge is -2.21. The first-order chi connectivity index (χ1) is 13.5. The molecule has 0 unspecified atom stereocenters. The van der Waals surface area contributed by atoms with Gasteiger partial charge in [-0.2, -0.15) is 5.10 Å². The molecule has 0 atom stereocenters. The summed E-state index contributed by atoms with van der Waals surface area (Å²) in [5.74, 6) is -0.510. The molecular weight excluding hydrogens is 365 g/mol. The molecule has 2 aromatic rings. The number of nitrogens with one attached hydrogen (secondary N) is 1. The molecule has 3 rings (SSSR count). The van der Waals surface area contributed by atoms with E-state index in [-0.39, 0.29) is 18.5 Å². The number of hydrogen-bond donors (Lipinski definition) is 1. The second kappa shape index (κ2) is 8.83. The molecule has 9 heteroatoms. The van der Waals surface area contributed by atoms with E-state index < -0.39 is 5.82 Å². The SMILES string of the molecule is COCCN1CCCN(C(=O)Nc2cnn(-c3ccccc3F)c2C)CC1=O. The van der Waals surface area contributed by atoms with Gasteiger partial charge in [-0.25, -0.2) is 13.9 Å². The van der Waals surface area contributed by atoms with Crippen molar-refractivity contribution in [1.29, 1.82) is 0 Å². The number of para-hydroxylation sites is 1. The van der Waals surface area contributed by atoms with E-state index in [2.05, 4.69) is 10.4 Å². The molecule has 1 aliphatic rings. The molecular formula is C19H24FN5O3. The standard InChI is InChI=1S/C19H24FN5O3/c1-14-16(12-21-25(14)17-7-4-3-6-15(17)20)22-19(27)24-9-5-8-23(10-11-28-2)18(26)13-24/h3-4,6-7,12H,5,8-11,13H2,1-2H3,(H,22,27). The second-order valence-corrected chi connectivity index (χ2v) is 6.59. The summed E-state index contributed by atoms with van der Waals surface area (Å²) in [6.07, 6.45) is 2.17. The van der Waals surface area contributed by atoms with Crippen molar-refractivity contribution in [1.82, 2.24) is 19.6 Å². The Hall–Kier alpha value is -2.94. The minimum atomic E-state index is -0.402. The van der Waals surface area contributed by atoms with Gasteiger partial charge in [-0.05, 0) is 25.5 Å². The van der Waals surface area contributed by atoms with Crippen molar-refractivity contribution in [3.05, 3.63) is 42.0 Å². The summed E-state index contributed by atoms with van der Waals surface area (Å²) in [6.45, 7) is 3.80. The Morgan fingerprint density at radius 3 is 2.86 bits per heavy atom. The number of urea groups is 1. The zero-order chi connectivity index (χ0) is 20.1. The summed E-state index contributed by atoms with van der Waals surface area (Å²) >= 11 is 0.